The fourth-order valence-electron chi connectivity index (χ4n) is 1.79. The van der Waals surface area contributed by atoms with Crippen molar-refractivity contribution in [2.24, 2.45) is 0 Å². The summed E-state index contributed by atoms with van der Waals surface area (Å²) in [5, 5.41) is 8.62. The van der Waals surface area contributed by atoms with Crippen molar-refractivity contribution < 1.29 is 5.11 Å². The van der Waals surface area contributed by atoms with Crippen LogP contribution < -0.4 is 0 Å². The van der Waals surface area contributed by atoms with Crippen LogP contribution >= 0.6 is 63.7 Å². The Morgan fingerprint density at radius 1 is 0.750 bits per heavy atom. The summed E-state index contributed by atoms with van der Waals surface area (Å²) < 4.78 is -0.250. The largest absolute Gasteiger partial charge is 0.396 e. The number of hydrogen-bond acceptors (Lipinski definition) is 1. The van der Waals surface area contributed by atoms with Crippen LogP contribution in [0.4, 0.5) is 0 Å². The molecule has 0 aliphatic carbocycles. The number of aliphatic hydroxyl groups excluding tert-OH is 1. The normalized spacial score (nSPS) is 10.8. The molecule has 0 atom stereocenters. The summed E-state index contributed by atoms with van der Waals surface area (Å²) in [5.74, 6) is 0. The molecule has 0 spiro atoms. The minimum Gasteiger partial charge on any atom is -0.396 e. The number of alkyl halides is 4. The SMILES string of the molecule is BrC(Br)(Br)Br.OCCCCCCCCc1ccccc1. The number of rotatable bonds is 8. The van der Waals surface area contributed by atoms with Gasteiger partial charge in [0, 0.05) is 6.61 Å². The number of aliphatic hydroxyl groups is 1. The van der Waals surface area contributed by atoms with Gasteiger partial charge in [-0.3, -0.25) is 0 Å². The molecule has 0 aromatic heterocycles. The van der Waals surface area contributed by atoms with E-state index in [1.54, 1.807) is 0 Å². The van der Waals surface area contributed by atoms with Crippen LogP contribution in [0.5, 0.6) is 0 Å². The number of benzene rings is 1. The van der Waals surface area contributed by atoms with Gasteiger partial charge in [0.05, 0.1) is 0 Å². The quantitative estimate of drug-likeness (QED) is 0.288. The van der Waals surface area contributed by atoms with Crippen molar-refractivity contribution in [3.8, 4) is 0 Å². The standard InChI is InChI=1S/C14H22O.CBr4/c15-13-9-4-2-1-3-6-10-14-11-7-5-8-12-14;2-1(3,4)5/h5,7-8,11-12,15H,1-4,6,9-10,13H2;. The molecule has 1 aromatic rings. The minimum atomic E-state index is -0.250. The lowest BCUT2D eigenvalue weighted by Crippen LogP contribution is -1.86. The fourth-order valence-corrected chi connectivity index (χ4v) is 1.79. The average Bonchev–Trinajstić information content (AvgIpc) is 2.37. The Balaban J connectivity index is 0.000000621. The third-order valence-electron chi connectivity index (χ3n) is 2.72. The predicted octanol–water partition coefficient (Wildman–Crippen LogP) is 6.74. The Kier molecular flexibility index (Phi) is 14.5. The molecule has 1 aromatic carbocycles. The number of hydrogen-bond donors (Lipinski definition) is 1. The maximum atomic E-state index is 8.62. The van der Waals surface area contributed by atoms with E-state index in [4.69, 9.17) is 5.11 Å². The Bertz CT molecular complexity index is 305. The maximum absolute atomic E-state index is 8.62. The first kappa shape index (κ1) is 21.1. The molecule has 0 amide bonds. The van der Waals surface area contributed by atoms with Gasteiger partial charge in [-0.1, -0.05) is 56.0 Å². The summed E-state index contributed by atoms with van der Waals surface area (Å²) >= 11 is 12.5. The molecule has 0 aliphatic heterocycles. The van der Waals surface area contributed by atoms with Gasteiger partial charge in [0.25, 0.3) is 0 Å². The van der Waals surface area contributed by atoms with Crippen molar-refractivity contribution in [3.05, 3.63) is 35.9 Å². The fraction of sp³-hybridized carbons (Fsp3) is 0.600. The molecular weight excluding hydrogens is 516 g/mol. The van der Waals surface area contributed by atoms with Crippen LogP contribution in [0.15, 0.2) is 30.3 Å². The van der Waals surface area contributed by atoms with E-state index in [1.165, 1.54) is 44.1 Å². The summed E-state index contributed by atoms with van der Waals surface area (Å²) in [7, 11) is 0. The van der Waals surface area contributed by atoms with Crippen molar-refractivity contribution in [2.75, 3.05) is 6.61 Å². The van der Waals surface area contributed by atoms with Gasteiger partial charge < -0.3 is 5.11 Å². The van der Waals surface area contributed by atoms with Gasteiger partial charge in [0.15, 0.2) is 1.05 Å². The second-order valence-corrected chi connectivity index (χ2v) is 15.7. The maximum Gasteiger partial charge on any atom is 0.189 e. The Morgan fingerprint density at radius 3 is 1.70 bits per heavy atom. The molecule has 1 rings (SSSR count). The van der Waals surface area contributed by atoms with Gasteiger partial charge in [-0.15, -0.1) is 0 Å². The summed E-state index contributed by atoms with van der Waals surface area (Å²) in [4.78, 5) is 0. The molecule has 0 heterocycles. The molecule has 0 fully saturated rings. The zero-order valence-electron chi connectivity index (χ0n) is 11.5. The van der Waals surface area contributed by atoms with Crippen molar-refractivity contribution in [3.63, 3.8) is 0 Å². The lowest BCUT2D eigenvalue weighted by Gasteiger charge is -2.01. The van der Waals surface area contributed by atoms with E-state index in [9.17, 15) is 0 Å². The van der Waals surface area contributed by atoms with Crippen LogP contribution in [0.25, 0.3) is 0 Å². The molecule has 0 aliphatic rings. The second kappa shape index (κ2) is 13.7. The van der Waals surface area contributed by atoms with Crippen molar-refractivity contribution in [2.45, 2.75) is 46.0 Å². The molecule has 0 bridgehead atoms. The van der Waals surface area contributed by atoms with E-state index < -0.39 is 0 Å². The van der Waals surface area contributed by atoms with E-state index >= 15 is 0 Å². The number of halogens is 4. The van der Waals surface area contributed by atoms with Crippen LogP contribution in [0.3, 0.4) is 0 Å². The minimum absolute atomic E-state index is 0.250. The van der Waals surface area contributed by atoms with Crippen LogP contribution in [0.1, 0.15) is 44.1 Å². The predicted molar refractivity (Wildman–Crippen MR) is 103 cm³/mol. The molecule has 1 nitrogen and oxygen atoms in total. The van der Waals surface area contributed by atoms with E-state index in [0.29, 0.717) is 6.61 Å². The molecule has 0 unspecified atom stereocenters. The first-order valence-corrected chi connectivity index (χ1v) is 10.0. The summed E-state index contributed by atoms with van der Waals surface area (Å²) in [6, 6.07) is 10.7. The van der Waals surface area contributed by atoms with E-state index in [0.717, 1.165) is 6.42 Å². The zero-order chi connectivity index (χ0) is 15.3. The van der Waals surface area contributed by atoms with Gasteiger partial charge in [-0.05, 0) is 88.5 Å². The highest BCUT2D eigenvalue weighted by molar-refractivity contribution is 9.52. The van der Waals surface area contributed by atoms with Gasteiger partial charge in [-0.2, -0.15) is 0 Å². The molecular formula is C15H22Br4O. The van der Waals surface area contributed by atoms with E-state index in [2.05, 4.69) is 94.1 Å². The van der Waals surface area contributed by atoms with Crippen molar-refractivity contribution in [1.82, 2.24) is 0 Å². The van der Waals surface area contributed by atoms with E-state index in [-0.39, 0.29) is 1.05 Å². The third kappa shape index (κ3) is 19.1. The smallest absolute Gasteiger partial charge is 0.189 e. The highest BCUT2D eigenvalue weighted by atomic mass is 80.0. The molecule has 0 radical (unpaired) electrons. The second-order valence-electron chi connectivity index (χ2n) is 4.51. The number of unbranched alkanes of at least 4 members (excludes halogenated alkanes) is 5. The van der Waals surface area contributed by atoms with Crippen molar-refractivity contribution >= 4 is 63.7 Å². The highest BCUT2D eigenvalue weighted by Crippen LogP contribution is 2.39. The van der Waals surface area contributed by atoms with E-state index in [1.807, 2.05) is 0 Å². The molecule has 1 N–H and O–H groups in total. The lowest BCUT2D eigenvalue weighted by molar-refractivity contribution is 0.282. The Labute approximate surface area is 156 Å². The van der Waals surface area contributed by atoms with Crippen LogP contribution in [-0.4, -0.2) is 12.8 Å². The van der Waals surface area contributed by atoms with Gasteiger partial charge in [0.1, 0.15) is 0 Å². The topological polar surface area (TPSA) is 20.2 Å². The highest BCUT2D eigenvalue weighted by Gasteiger charge is 2.08. The molecule has 5 heteroatoms. The molecule has 20 heavy (non-hydrogen) atoms. The molecule has 0 saturated heterocycles. The third-order valence-corrected chi connectivity index (χ3v) is 2.72. The summed E-state index contributed by atoms with van der Waals surface area (Å²) in [6.07, 6.45) is 8.56. The molecule has 116 valence electrons. The van der Waals surface area contributed by atoms with Gasteiger partial charge in [-0.25, -0.2) is 0 Å². The average molecular weight is 538 g/mol. The first-order valence-electron chi connectivity index (χ1n) is 6.84. The first-order chi connectivity index (χ1) is 9.43. The van der Waals surface area contributed by atoms with Crippen LogP contribution in [-0.2, 0) is 6.42 Å². The monoisotopic (exact) mass is 534 g/mol. The molecule has 0 saturated carbocycles. The van der Waals surface area contributed by atoms with Crippen molar-refractivity contribution in [1.29, 1.82) is 0 Å². The van der Waals surface area contributed by atoms with Gasteiger partial charge >= 0.3 is 0 Å². The van der Waals surface area contributed by atoms with Crippen LogP contribution in [0.2, 0.25) is 0 Å². The Morgan fingerprint density at radius 2 is 1.20 bits per heavy atom. The summed E-state index contributed by atoms with van der Waals surface area (Å²) in [5.41, 5.74) is 1.45. The van der Waals surface area contributed by atoms with Gasteiger partial charge in [0.2, 0.25) is 0 Å². The summed E-state index contributed by atoms with van der Waals surface area (Å²) in [6.45, 7) is 0.351. The van der Waals surface area contributed by atoms with Crippen LogP contribution in [0, 0.1) is 0 Å². The Hall–Kier alpha value is 1.10. The zero-order valence-corrected chi connectivity index (χ0v) is 17.8. The lowest BCUT2D eigenvalue weighted by atomic mass is 10.1. The number of aryl methyl sites for hydroxylation is 1.